The summed E-state index contributed by atoms with van der Waals surface area (Å²) >= 11 is 0. The van der Waals surface area contributed by atoms with Crippen molar-refractivity contribution in [2.75, 3.05) is 6.61 Å². The molecule has 1 heterocycles. The molecule has 0 aliphatic carbocycles. The maximum atomic E-state index is 13.1. The van der Waals surface area contributed by atoms with E-state index in [1.807, 2.05) is 36.4 Å². The number of carbonyl (C=O) groups excluding carboxylic acids is 1. The minimum absolute atomic E-state index is 0.0981. The molecule has 1 atom stereocenters. The van der Waals surface area contributed by atoms with E-state index in [-0.39, 0.29) is 11.5 Å². The van der Waals surface area contributed by atoms with Crippen LogP contribution in [0.1, 0.15) is 18.1 Å². The average Bonchev–Trinajstić information content (AvgIpc) is 2.90. The SMILES string of the molecule is CCOC(=O)[C@]1(c2cccc3ccccc23)NS(=O)(=O)c2ccccc21. The normalized spacial score (nSPS) is 20.7. The van der Waals surface area contributed by atoms with Crippen LogP contribution >= 0.6 is 0 Å². The van der Waals surface area contributed by atoms with Crippen LogP contribution in [-0.2, 0) is 25.1 Å². The van der Waals surface area contributed by atoms with Gasteiger partial charge in [-0.3, -0.25) is 0 Å². The van der Waals surface area contributed by atoms with Gasteiger partial charge < -0.3 is 4.74 Å². The average molecular weight is 367 g/mol. The maximum Gasteiger partial charge on any atom is 0.336 e. The molecule has 3 aromatic carbocycles. The summed E-state index contributed by atoms with van der Waals surface area (Å²) in [7, 11) is -3.84. The zero-order valence-electron chi connectivity index (χ0n) is 14.1. The van der Waals surface area contributed by atoms with Gasteiger partial charge in [0.15, 0.2) is 5.54 Å². The molecular formula is C20H17NO4S. The highest BCUT2D eigenvalue weighted by atomic mass is 32.2. The first-order valence-electron chi connectivity index (χ1n) is 8.29. The van der Waals surface area contributed by atoms with E-state index in [2.05, 4.69) is 4.72 Å². The zero-order chi connectivity index (χ0) is 18.4. The van der Waals surface area contributed by atoms with E-state index < -0.39 is 21.5 Å². The lowest BCUT2D eigenvalue weighted by Crippen LogP contribution is -2.48. The van der Waals surface area contributed by atoms with Gasteiger partial charge in [0.05, 0.1) is 11.5 Å². The fourth-order valence-electron chi connectivity index (χ4n) is 3.58. The Hall–Kier alpha value is -2.70. The van der Waals surface area contributed by atoms with E-state index >= 15 is 0 Å². The number of esters is 1. The molecule has 1 N–H and O–H groups in total. The van der Waals surface area contributed by atoms with Gasteiger partial charge in [0, 0.05) is 5.56 Å². The van der Waals surface area contributed by atoms with Crippen molar-refractivity contribution in [3.8, 4) is 0 Å². The number of fused-ring (bicyclic) bond motifs is 2. The van der Waals surface area contributed by atoms with Crippen LogP contribution in [0.5, 0.6) is 0 Å². The first kappa shape index (κ1) is 16.8. The summed E-state index contributed by atoms with van der Waals surface area (Å²) in [5, 5.41) is 1.71. The van der Waals surface area contributed by atoms with E-state index in [1.165, 1.54) is 6.07 Å². The number of rotatable bonds is 3. The highest BCUT2D eigenvalue weighted by Crippen LogP contribution is 2.43. The molecule has 26 heavy (non-hydrogen) atoms. The second-order valence-electron chi connectivity index (χ2n) is 6.10. The summed E-state index contributed by atoms with van der Waals surface area (Å²) in [5.41, 5.74) is -0.663. The fraction of sp³-hybridized carbons (Fsp3) is 0.150. The van der Waals surface area contributed by atoms with E-state index in [0.29, 0.717) is 11.1 Å². The lowest BCUT2D eigenvalue weighted by Gasteiger charge is -2.28. The first-order valence-corrected chi connectivity index (χ1v) is 9.78. The molecule has 0 bridgehead atoms. The van der Waals surface area contributed by atoms with Crippen molar-refractivity contribution < 1.29 is 17.9 Å². The van der Waals surface area contributed by atoms with Crippen LogP contribution in [0, 0.1) is 0 Å². The topological polar surface area (TPSA) is 72.5 Å². The molecule has 3 aromatic rings. The predicted molar refractivity (Wildman–Crippen MR) is 98.1 cm³/mol. The minimum Gasteiger partial charge on any atom is -0.464 e. The lowest BCUT2D eigenvalue weighted by molar-refractivity contribution is -0.148. The largest absolute Gasteiger partial charge is 0.464 e. The molecule has 5 nitrogen and oxygen atoms in total. The van der Waals surface area contributed by atoms with E-state index in [0.717, 1.165) is 10.8 Å². The van der Waals surface area contributed by atoms with Crippen LogP contribution in [0.4, 0.5) is 0 Å². The van der Waals surface area contributed by atoms with E-state index in [1.54, 1.807) is 31.2 Å². The quantitative estimate of drug-likeness (QED) is 0.723. The number of benzene rings is 3. The third-order valence-corrected chi connectivity index (χ3v) is 6.15. The number of nitrogens with one attached hydrogen (secondary N) is 1. The van der Waals surface area contributed by atoms with Crippen LogP contribution in [-0.4, -0.2) is 21.0 Å². The Bertz CT molecular complexity index is 1120. The molecule has 0 spiro atoms. The summed E-state index contributed by atoms with van der Waals surface area (Å²) < 4.78 is 33.5. The second-order valence-corrected chi connectivity index (χ2v) is 7.75. The van der Waals surface area contributed by atoms with Crippen LogP contribution in [0.2, 0.25) is 0 Å². The Kier molecular flexibility index (Phi) is 3.82. The number of hydrogen-bond donors (Lipinski definition) is 1. The summed E-state index contributed by atoms with van der Waals surface area (Å²) in [5.74, 6) is -0.634. The number of hydrogen-bond acceptors (Lipinski definition) is 4. The highest BCUT2D eigenvalue weighted by molar-refractivity contribution is 7.90. The van der Waals surface area contributed by atoms with Crippen LogP contribution in [0.3, 0.4) is 0 Å². The van der Waals surface area contributed by atoms with Crippen LogP contribution in [0.25, 0.3) is 10.8 Å². The molecule has 0 saturated carbocycles. The second kappa shape index (κ2) is 5.93. The van der Waals surface area contributed by atoms with Gasteiger partial charge in [-0.05, 0) is 29.3 Å². The molecule has 0 saturated heterocycles. The van der Waals surface area contributed by atoms with Crippen LogP contribution < -0.4 is 4.72 Å². The fourth-order valence-corrected chi connectivity index (χ4v) is 5.16. The summed E-state index contributed by atoms with van der Waals surface area (Å²) in [6, 6.07) is 19.6. The van der Waals surface area contributed by atoms with Crippen molar-refractivity contribution >= 4 is 26.8 Å². The number of carbonyl (C=O) groups is 1. The molecule has 1 aliphatic heterocycles. The Morgan fingerprint density at radius 2 is 1.62 bits per heavy atom. The van der Waals surface area contributed by atoms with Crippen molar-refractivity contribution in [3.05, 3.63) is 77.9 Å². The molecule has 0 amide bonds. The number of sulfonamides is 1. The van der Waals surface area contributed by atoms with E-state index in [4.69, 9.17) is 4.74 Å². The zero-order valence-corrected chi connectivity index (χ0v) is 14.9. The van der Waals surface area contributed by atoms with Gasteiger partial charge >= 0.3 is 5.97 Å². The number of ether oxygens (including phenoxy) is 1. The molecule has 4 rings (SSSR count). The monoisotopic (exact) mass is 367 g/mol. The molecule has 6 heteroatoms. The Balaban J connectivity index is 2.12. The summed E-state index contributed by atoms with van der Waals surface area (Å²) in [6.45, 7) is 1.85. The summed E-state index contributed by atoms with van der Waals surface area (Å²) in [6.07, 6.45) is 0. The summed E-state index contributed by atoms with van der Waals surface area (Å²) in [4.78, 5) is 13.2. The van der Waals surface area contributed by atoms with Gasteiger partial charge in [-0.25, -0.2) is 13.2 Å². The smallest absolute Gasteiger partial charge is 0.336 e. The van der Waals surface area contributed by atoms with Crippen molar-refractivity contribution in [1.29, 1.82) is 0 Å². The Morgan fingerprint density at radius 3 is 2.42 bits per heavy atom. The van der Waals surface area contributed by atoms with Gasteiger partial charge in [-0.15, -0.1) is 0 Å². The Morgan fingerprint density at radius 1 is 0.962 bits per heavy atom. The standard InChI is InChI=1S/C20H17NO4S/c1-2-25-19(22)20(16-12-7-9-14-8-3-4-10-15(14)16)17-11-5-6-13-18(17)26(23,24)21-20/h3-13,21H,2H2,1H3/t20-/m1/s1. The van der Waals surface area contributed by atoms with E-state index in [9.17, 15) is 13.2 Å². The van der Waals surface area contributed by atoms with Crippen molar-refractivity contribution in [2.45, 2.75) is 17.4 Å². The molecule has 0 unspecified atom stereocenters. The Labute approximate surface area is 151 Å². The third kappa shape index (κ3) is 2.26. The first-order chi connectivity index (χ1) is 12.5. The molecule has 132 valence electrons. The van der Waals surface area contributed by atoms with Gasteiger partial charge in [0.2, 0.25) is 10.0 Å². The molecular weight excluding hydrogens is 350 g/mol. The highest BCUT2D eigenvalue weighted by Gasteiger charge is 2.54. The van der Waals surface area contributed by atoms with Gasteiger partial charge in [-0.1, -0.05) is 60.7 Å². The van der Waals surface area contributed by atoms with Crippen molar-refractivity contribution in [3.63, 3.8) is 0 Å². The van der Waals surface area contributed by atoms with Gasteiger partial charge in [0.25, 0.3) is 0 Å². The predicted octanol–water partition coefficient (Wildman–Crippen LogP) is 2.94. The molecule has 0 fully saturated rings. The van der Waals surface area contributed by atoms with Crippen molar-refractivity contribution in [1.82, 2.24) is 4.72 Å². The maximum absolute atomic E-state index is 13.1. The van der Waals surface area contributed by atoms with Gasteiger partial charge in [0.1, 0.15) is 0 Å². The minimum atomic E-state index is -3.84. The molecule has 0 radical (unpaired) electrons. The molecule has 0 aromatic heterocycles. The van der Waals surface area contributed by atoms with Crippen molar-refractivity contribution in [2.24, 2.45) is 0 Å². The lowest BCUT2D eigenvalue weighted by atomic mass is 9.81. The van der Waals surface area contributed by atoms with Crippen LogP contribution in [0.15, 0.2) is 71.6 Å². The molecule has 1 aliphatic rings. The van der Waals surface area contributed by atoms with Gasteiger partial charge in [-0.2, -0.15) is 4.72 Å². The third-order valence-electron chi connectivity index (χ3n) is 4.64.